The Labute approximate surface area is 99.8 Å². The number of hydrogen-bond acceptors (Lipinski definition) is 2. The van der Waals surface area contributed by atoms with Gasteiger partial charge in [0.15, 0.2) is 0 Å². The molecule has 0 heterocycles. The van der Waals surface area contributed by atoms with E-state index in [1.807, 2.05) is 0 Å². The first kappa shape index (κ1) is 13.7. The highest BCUT2D eigenvalue weighted by Crippen LogP contribution is 2.44. The summed E-state index contributed by atoms with van der Waals surface area (Å²) in [5.74, 6) is 1.76. The molecule has 0 spiro atoms. The molecule has 1 aliphatic rings. The Balaban J connectivity index is 2.71. The van der Waals surface area contributed by atoms with E-state index in [1.54, 1.807) is 14.0 Å². The van der Waals surface area contributed by atoms with Gasteiger partial charge in [0, 0.05) is 18.9 Å². The van der Waals surface area contributed by atoms with Gasteiger partial charge in [0.2, 0.25) is 0 Å². The lowest BCUT2D eigenvalue weighted by Crippen LogP contribution is -2.42. The number of carbonyl (C=O) groups excluding carboxylic acids is 1. The van der Waals surface area contributed by atoms with Crippen molar-refractivity contribution in [3.05, 3.63) is 0 Å². The van der Waals surface area contributed by atoms with Gasteiger partial charge < -0.3 is 9.53 Å². The highest BCUT2D eigenvalue weighted by Gasteiger charge is 2.41. The van der Waals surface area contributed by atoms with Crippen LogP contribution in [0.5, 0.6) is 0 Å². The van der Waals surface area contributed by atoms with Crippen LogP contribution in [0.15, 0.2) is 0 Å². The monoisotopic (exact) mass is 226 g/mol. The molecular formula is C14H26O2. The molecule has 0 aromatic heterocycles. The van der Waals surface area contributed by atoms with Crippen LogP contribution in [0.25, 0.3) is 0 Å². The molecule has 16 heavy (non-hydrogen) atoms. The van der Waals surface area contributed by atoms with Crippen LogP contribution in [0.2, 0.25) is 0 Å². The largest absolute Gasteiger partial charge is 0.381 e. The summed E-state index contributed by atoms with van der Waals surface area (Å²) in [6, 6.07) is 0. The molecule has 0 bridgehead atoms. The van der Waals surface area contributed by atoms with Gasteiger partial charge in [0.25, 0.3) is 0 Å². The fourth-order valence-electron chi connectivity index (χ4n) is 3.11. The quantitative estimate of drug-likeness (QED) is 0.734. The second kappa shape index (κ2) is 5.31. The van der Waals surface area contributed by atoms with Gasteiger partial charge in [-0.05, 0) is 38.0 Å². The Kier molecular flexibility index (Phi) is 4.54. The smallest absolute Gasteiger partial charge is 0.130 e. The van der Waals surface area contributed by atoms with Crippen LogP contribution < -0.4 is 0 Å². The minimum Gasteiger partial charge on any atom is -0.381 e. The molecule has 2 nitrogen and oxygen atoms in total. The molecule has 0 saturated heterocycles. The molecule has 0 aromatic carbocycles. The van der Waals surface area contributed by atoms with Crippen LogP contribution in [-0.4, -0.2) is 19.0 Å². The van der Waals surface area contributed by atoms with E-state index in [1.165, 1.54) is 6.42 Å². The van der Waals surface area contributed by atoms with Gasteiger partial charge >= 0.3 is 0 Å². The van der Waals surface area contributed by atoms with E-state index in [2.05, 4.69) is 20.8 Å². The van der Waals surface area contributed by atoms with Crippen molar-refractivity contribution in [1.29, 1.82) is 0 Å². The van der Waals surface area contributed by atoms with Crippen LogP contribution in [0.4, 0.5) is 0 Å². The van der Waals surface area contributed by atoms with Crippen LogP contribution in [0.1, 0.15) is 53.4 Å². The lowest BCUT2D eigenvalue weighted by atomic mass is 9.65. The van der Waals surface area contributed by atoms with Crippen molar-refractivity contribution in [3.8, 4) is 0 Å². The number of hydrogen-bond donors (Lipinski definition) is 0. The Morgan fingerprint density at radius 1 is 1.50 bits per heavy atom. The number of methoxy groups -OCH3 is 1. The molecule has 1 fully saturated rings. The number of carbonyl (C=O) groups is 1. The molecule has 2 heteroatoms. The van der Waals surface area contributed by atoms with Crippen LogP contribution in [0, 0.1) is 17.3 Å². The summed E-state index contributed by atoms with van der Waals surface area (Å²) in [6.07, 6.45) is 4.38. The van der Waals surface area contributed by atoms with E-state index < -0.39 is 0 Å². The Morgan fingerprint density at radius 2 is 2.12 bits per heavy atom. The average Bonchev–Trinajstić information content (AvgIpc) is 2.16. The maximum atomic E-state index is 11.3. The number of Topliss-reactive ketones (excluding diaryl/α,β-unsaturated/α-hetero) is 1. The highest BCUT2D eigenvalue weighted by atomic mass is 16.5. The third-order valence-electron chi connectivity index (χ3n) is 4.26. The highest BCUT2D eigenvalue weighted by molar-refractivity contribution is 5.76. The molecule has 0 radical (unpaired) electrons. The molecule has 1 aliphatic carbocycles. The maximum absolute atomic E-state index is 11.3. The first-order valence-electron chi connectivity index (χ1n) is 6.41. The summed E-state index contributed by atoms with van der Waals surface area (Å²) in [5.41, 5.74) is 0.0615. The zero-order chi connectivity index (χ0) is 12.3. The minimum atomic E-state index is 0.0615. The summed E-state index contributed by atoms with van der Waals surface area (Å²) in [7, 11) is 1.78. The summed E-state index contributed by atoms with van der Waals surface area (Å²) in [5, 5.41) is 0. The third-order valence-corrected chi connectivity index (χ3v) is 4.26. The van der Waals surface area contributed by atoms with Crippen molar-refractivity contribution in [2.75, 3.05) is 7.11 Å². The average molecular weight is 226 g/mol. The van der Waals surface area contributed by atoms with Crippen LogP contribution in [0.3, 0.4) is 0 Å². The second-order valence-electron chi connectivity index (χ2n) is 6.04. The van der Waals surface area contributed by atoms with Crippen molar-refractivity contribution in [2.24, 2.45) is 17.3 Å². The molecule has 0 amide bonds. The van der Waals surface area contributed by atoms with Crippen molar-refractivity contribution >= 4 is 5.78 Å². The Hall–Kier alpha value is -0.370. The van der Waals surface area contributed by atoms with Gasteiger partial charge in [-0.3, -0.25) is 0 Å². The van der Waals surface area contributed by atoms with Crippen LogP contribution in [-0.2, 0) is 9.53 Å². The minimum absolute atomic E-state index is 0.0615. The molecular weight excluding hydrogens is 200 g/mol. The van der Waals surface area contributed by atoms with Crippen molar-refractivity contribution in [3.63, 3.8) is 0 Å². The van der Waals surface area contributed by atoms with Gasteiger partial charge in [-0.15, -0.1) is 0 Å². The van der Waals surface area contributed by atoms with Crippen molar-refractivity contribution in [2.45, 2.75) is 59.5 Å². The van der Waals surface area contributed by atoms with Crippen molar-refractivity contribution in [1.82, 2.24) is 0 Å². The number of rotatable bonds is 4. The normalized spacial score (nSPS) is 35.4. The number of ketones is 1. The lowest BCUT2D eigenvalue weighted by Gasteiger charge is -2.44. The molecule has 0 N–H and O–H groups in total. The predicted octanol–water partition coefficient (Wildman–Crippen LogP) is 3.44. The van der Waals surface area contributed by atoms with Gasteiger partial charge in [-0.2, -0.15) is 0 Å². The fourth-order valence-corrected chi connectivity index (χ4v) is 3.11. The zero-order valence-corrected chi connectivity index (χ0v) is 11.4. The second-order valence-corrected chi connectivity index (χ2v) is 6.04. The van der Waals surface area contributed by atoms with E-state index in [4.69, 9.17) is 4.74 Å². The molecule has 0 unspecified atom stereocenters. The molecule has 1 saturated carbocycles. The SMILES string of the molecule is CO[C@H]1C[C@@H](C(C)C)CC[C@]1(C)CC(C)=O. The summed E-state index contributed by atoms with van der Waals surface area (Å²) >= 11 is 0. The lowest BCUT2D eigenvalue weighted by molar-refractivity contribution is -0.124. The fraction of sp³-hybridized carbons (Fsp3) is 0.929. The predicted molar refractivity (Wildman–Crippen MR) is 66.4 cm³/mol. The van der Waals surface area contributed by atoms with E-state index in [0.717, 1.165) is 24.7 Å². The zero-order valence-electron chi connectivity index (χ0n) is 11.4. The van der Waals surface area contributed by atoms with Gasteiger partial charge in [-0.1, -0.05) is 20.8 Å². The summed E-state index contributed by atoms with van der Waals surface area (Å²) in [4.78, 5) is 11.3. The topological polar surface area (TPSA) is 26.3 Å². The third kappa shape index (κ3) is 3.07. The van der Waals surface area contributed by atoms with E-state index in [-0.39, 0.29) is 17.3 Å². The van der Waals surface area contributed by atoms with E-state index in [9.17, 15) is 4.79 Å². The molecule has 0 aliphatic heterocycles. The first-order valence-corrected chi connectivity index (χ1v) is 6.41. The summed E-state index contributed by atoms with van der Waals surface area (Å²) < 4.78 is 5.64. The maximum Gasteiger partial charge on any atom is 0.130 e. The summed E-state index contributed by atoms with van der Waals surface area (Å²) in [6.45, 7) is 8.46. The standard InChI is InChI=1S/C14H26O2/c1-10(2)12-6-7-14(4,9-11(3)15)13(8-12)16-5/h10,12-13H,6-9H2,1-5H3/t12-,13-,14+/m0/s1. The molecule has 0 aromatic rings. The Morgan fingerprint density at radius 3 is 2.56 bits per heavy atom. The number of ether oxygens (including phenoxy) is 1. The Bertz CT molecular complexity index is 247. The van der Waals surface area contributed by atoms with Gasteiger partial charge in [0.1, 0.15) is 5.78 Å². The molecule has 1 rings (SSSR count). The first-order chi connectivity index (χ1) is 7.39. The van der Waals surface area contributed by atoms with Crippen LogP contribution >= 0.6 is 0 Å². The van der Waals surface area contributed by atoms with E-state index >= 15 is 0 Å². The van der Waals surface area contributed by atoms with Gasteiger partial charge in [0.05, 0.1) is 6.10 Å². The molecule has 3 atom stereocenters. The van der Waals surface area contributed by atoms with E-state index in [0.29, 0.717) is 6.42 Å². The molecule has 94 valence electrons. The van der Waals surface area contributed by atoms with Gasteiger partial charge in [-0.25, -0.2) is 0 Å². The van der Waals surface area contributed by atoms with Crippen molar-refractivity contribution < 1.29 is 9.53 Å².